The largest absolute Gasteiger partial charge is 0.345 e. The molecule has 88 valence electrons. The van der Waals surface area contributed by atoms with E-state index in [0.717, 1.165) is 0 Å². The SMILES string of the molecule is CC.CC(=O)CNC(=O)/C=C/CN(C)C. The van der Waals surface area contributed by atoms with Gasteiger partial charge in [-0.1, -0.05) is 19.9 Å². The molecule has 0 radical (unpaired) electrons. The highest BCUT2D eigenvalue weighted by molar-refractivity contribution is 5.91. The third-order valence-electron chi connectivity index (χ3n) is 1.25. The monoisotopic (exact) mass is 214 g/mol. The quantitative estimate of drug-likeness (QED) is 0.690. The number of hydrogen-bond acceptors (Lipinski definition) is 3. The minimum atomic E-state index is -0.225. The summed E-state index contributed by atoms with van der Waals surface area (Å²) in [5.74, 6) is -0.272. The number of carbonyl (C=O) groups is 2. The van der Waals surface area contributed by atoms with Crippen molar-refractivity contribution in [2.45, 2.75) is 20.8 Å². The van der Waals surface area contributed by atoms with E-state index in [1.54, 1.807) is 6.08 Å². The van der Waals surface area contributed by atoms with E-state index in [0.29, 0.717) is 6.54 Å². The molecule has 0 bridgehead atoms. The summed E-state index contributed by atoms with van der Waals surface area (Å²) in [6.45, 7) is 6.25. The number of Topliss-reactive ketones (excluding diaryl/α,β-unsaturated/α-hetero) is 1. The van der Waals surface area contributed by atoms with Gasteiger partial charge in [-0.05, 0) is 21.0 Å². The van der Waals surface area contributed by atoms with Crippen LogP contribution in [0, 0.1) is 0 Å². The molecule has 0 saturated carbocycles. The number of likely N-dealkylation sites (N-methyl/N-ethyl adjacent to an activating group) is 1. The average Bonchev–Trinajstić information content (AvgIpc) is 2.17. The Balaban J connectivity index is 0. The molecule has 0 atom stereocenters. The van der Waals surface area contributed by atoms with Crippen LogP contribution in [-0.4, -0.2) is 43.8 Å². The van der Waals surface area contributed by atoms with E-state index in [4.69, 9.17) is 0 Å². The standard InChI is InChI=1S/C9H16N2O2.C2H6/c1-8(12)7-10-9(13)5-4-6-11(2)3;1-2/h4-5H,6-7H2,1-3H3,(H,10,13);1-2H3/b5-4+;. The van der Waals surface area contributed by atoms with Crippen molar-refractivity contribution in [1.29, 1.82) is 0 Å². The molecule has 0 aromatic carbocycles. The molecule has 4 heteroatoms. The molecule has 0 aromatic rings. The molecule has 0 fully saturated rings. The van der Waals surface area contributed by atoms with E-state index < -0.39 is 0 Å². The number of ketones is 1. The highest BCUT2D eigenvalue weighted by Crippen LogP contribution is 1.78. The Kier molecular flexibility index (Phi) is 11.8. The maximum absolute atomic E-state index is 11.0. The fourth-order valence-corrected chi connectivity index (χ4v) is 0.641. The first-order valence-electron chi connectivity index (χ1n) is 5.11. The van der Waals surface area contributed by atoms with Gasteiger partial charge in [0.2, 0.25) is 5.91 Å². The molecule has 1 amide bonds. The molecular weight excluding hydrogens is 192 g/mol. The molecule has 0 saturated heterocycles. The molecule has 0 aliphatic heterocycles. The number of nitrogens with one attached hydrogen (secondary N) is 1. The molecule has 0 aliphatic carbocycles. The van der Waals surface area contributed by atoms with Crippen LogP contribution in [0.15, 0.2) is 12.2 Å². The van der Waals surface area contributed by atoms with E-state index in [1.165, 1.54) is 13.0 Å². The Morgan fingerprint density at radius 2 is 1.80 bits per heavy atom. The van der Waals surface area contributed by atoms with Gasteiger partial charge in [0.05, 0.1) is 6.54 Å². The van der Waals surface area contributed by atoms with Gasteiger partial charge in [-0.25, -0.2) is 0 Å². The summed E-state index contributed by atoms with van der Waals surface area (Å²) in [5.41, 5.74) is 0. The molecule has 0 unspecified atom stereocenters. The van der Waals surface area contributed by atoms with Crippen LogP contribution in [0.3, 0.4) is 0 Å². The van der Waals surface area contributed by atoms with E-state index >= 15 is 0 Å². The first-order valence-corrected chi connectivity index (χ1v) is 5.11. The van der Waals surface area contributed by atoms with Crippen LogP contribution in [-0.2, 0) is 9.59 Å². The lowest BCUT2D eigenvalue weighted by atomic mass is 10.4. The van der Waals surface area contributed by atoms with Crippen molar-refractivity contribution in [1.82, 2.24) is 10.2 Å². The molecule has 15 heavy (non-hydrogen) atoms. The lowest BCUT2D eigenvalue weighted by Crippen LogP contribution is -2.26. The van der Waals surface area contributed by atoms with E-state index in [1.807, 2.05) is 32.8 Å². The second kappa shape index (κ2) is 10.9. The Labute approximate surface area is 92.3 Å². The molecule has 1 N–H and O–H groups in total. The summed E-state index contributed by atoms with van der Waals surface area (Å²) >= 11 is 0. The highest BCUT2D eigenvalue weighted by Gasteiger charge is 1.96. The second-order valence-corrected chi connectivity index (χ2v) is 3.08. The van der Waals surface area contributed by atoms with Crippen LogP contribution >= 0.6 is 0 Å². The number of nitrogens with zero attached hydrogens (tertiary/aromatic N) is 1. The van der Waals surface area contributed by atoms with Crippen molar-refractivity contribution in [3.63, 3.8) is 0 Å². The number of carbonyl (C=O) groups excluding carboxylic acids is 2. The van der Waals surface area contributed by atoms with Gasteiger partial charge in [-0.3, -0.25) is 9.59 Å². The van der Waals surface area contributed by atoms with E-state index in [-0.39, 0.29) is 18.2 Å². The highest BCUT2D eigenvalue weighted by atomic mass is 16.2. The van der Waals surface area contributed by atoms with Crippen molar-refractivity contribution < 1.29 is 9.59 Å². The van der Waals surface area contributed by atoms with Gasteiger partial charge >= 0.3 is 0 Å². The van der Waals surface area contributed by atoms with Gasteiger partial charge in [0, 0.05) is 12.6 Å². The lowest BCUT2D eigenvalue weighted by molar-refractivity contribution is -0.121. The summed E-state index contributed by atoms with van der Waals surface area (Å²) in [4.78, 5) is 23.4. The molecular formula is C11H22N2O2. The van der Waals surface area contributed by atoms with Crippen molar-refractivity contribution in [3.8, 4) is 0 Å². The third-order valence-corrected chi connectivity index (χ3v) is 1.25. The summed E-state index contributed by atoms with van der Waals surface area (Å²) in [5, 5.41) is 2.46. The first kappa shape index (κ1) is 16.3. The zero-order chi connectivity index (χ0) is 12.3. The fraction of sp³-hybridized carbons (Fsp3) is 0.636. The van der Waals surface area contributed by atoms with Crippen molar-refractivity contribution in [3.05, 3.63) is 12.2 Å². The summed E-state index contributed by atoms with van der Waals surface area (Å²) in [6.07, 6.45) is 3.18. The lowest BCUT2D eigenvalue weighted by Gasteiger charge is -2.03. The van der Waals surface area contributed by atoms with Crippen LogP contribution in [0.2, 0.25) is 0 Å². The Hall–Kier alpha value is -1.16. The van der Waals surface area contributed by atoms with Crippen molar-refractivity contribution in [2.75, 3.05) is 27.2 Å². The molecule has 0 spiro atoms. The predicted octanol–water partition coefficient (Wildman–Crippen LogP) is 0.836. The smallest absolute Gasteiger partial charge is 0.244 e. The first-order chi connectivity index (χ1) is 7.02. The number of amides is 1. The Morgan fingerprint density at radius 3 is 2.20 bits per heavy atom. The topological polar surface area (TPSA) is 49.4 Å². The van der Waals surface area contributed by atoms with Gasteiger partial charge in [-0.2, -0.15) is 0 Å². The van der Waals surface area contributed by atoms with Crippen LogP contribution in [0.4, 0.5) is 0 Å². The van der Waals surface area contributed by atoms with Crippen molar-refractivity contribution >= 4 is 11.7 Å². The van der Waals surface area contributed by atoms with Gasteiger partial charge in [0.25, 0.3) is 0 Å². The average molecular weight is 214 g/mol. The maximum atomic E-state index is 11.0. The van der Waals surface area contributed by atoms with E-state index in [9.17, 15) is 9.59 Å². The molecule has 0 rings (SSSR count). The summed E-state index contributed by atoms with van der Waals surface area (Å²) in [6, 6.07) is 0. The summed E-state index contributed by atoms with van der Waals surface area (Å²) < 4.78 is 0. The van der Waals surface area contributed by atoms with E-state index in [2.05, 4.69) is 5.32 Å². The zero-order valence-corrected chi connectivity index (χ0v) is 10.3. The fourth-order valence-electron chi connectivity index (χ4n) is 0.641. The number of hydrogen-bond donors (Lipinski definition) is 1. The van der Waals surface area contributed by atoms with Gasteiger partial charge in [-0.15, -0.1) is 0 Å². The molecule has 4 nitrogen and oxygen atoms in total. The van der Waals surface area contributed by atoms with Crippen LogP contribution < -0.4 is 5.32 Å². The van der Waals surface area contributed by atoms with Crippen LogP contribution in [0.25, 0.3) is 0 Å². The Bertz CT molecular complexity index is 211. The Morgan fingerprint density at radius 1 is 1.27 bits per heavy atom. The van der Waals surface area contributed by atoms with Crippen LogP contribution in [0.5, 0.6) is 0 Å². The van der Waals surface area contributed by atoms with Crippen molar-refractivity contribution in [2.24, 2.45) is 0 Å². The van der Waals surface area contributed by atoms with Gasteiger partial charge in [0.1, 0.15) is 5.78 Å². The van der Waals surface area contributed by atoms with Gasteiger partial charge in [0.15, 0.2) is 0 Å². The molecule has 0 aliphatic rings. The zero-order valence-electron chi connectivity index (χ0n) is 10.3. The predicted molar refractivity (Wildman–Crippen MR) is 62.7 cm³/mol. The second-order valence-electron chi connectivity index (χ2n) is 3.08. The number of rotatable bonds is 5. The molecule has 0 aromatic heterocycles. The van der Waals surface area contributed by atoms with Crippen LogP contribution in [0.1, 0.15) is 20.8 Å². The normalized spacial score (nSPS) is 9.73. The summed E-state index contributed by atoms with van der Waals surface area (Å²) in [7, 11) is 3.83. The minimum absolute atomic E-state index is 0.0469. The third kappa shape index (κ3) is 15.6. The minimum Gasteiger partial charge on any atom is -0.345 e. The van der Waals surface area contributed by atoms with Gasteiger partial charge < -0.3 is 10.2 Å². The molecule has 0 heterocycles. The maximum Gasteiger partial charge on any atom is 0.244 e.